The maximum Gasteiger partial charge on any atom is 0.321 e. The topological polar surface area (TPSA) is 50.8 Å². The molecule has 2 amide bonds. The predicted molar refractivity (Wildman–Crippen MR) is 89.5 cm³/mol. The molecule has 120 valence electrons. The standard InChI is InChI=1S/C16H14Cl2N2O3/c1-20(8-10-2-5-14-15(6-10)23-9-22-14)16(21)19-13-4-3-11(17)7-12(13)18/h2-7H,8-9H2,1H3,(H,19,21). The zero-order chi connectivity index (χ0) is 16.4. The van der Waals surface area contributed by atoms with Crippen LogP contribution < -0.4 is 14.8 Å². The van der Waals surface area contributed by atoms with Gasteiger partial charge in [-0.25, -0.2) is 4.79 Å². The number of ether oxygens (including phenoxy) is 2. The van der Waals surface area contributed by atoms with E-state index in [0.717, 1.165) is 5.56 Å². The van der Waals surface area contributed by atoms with Crippen molar-refractivity contribution in [1.82, 2.24) is 4.90 Å². The molecule has 2 aromatic carbocycles. The van der Waals surface area contributed by atoms with Crippen LogP contribution in [0.25, 0.3) is 0 Å². The average molecular weight is 353 g/mol. The van der Waals surface area contributed by atoms with Crippen LogP contribution in [0.3, 0.4) is 0 Å². The summed E-state index contributed by atoms with van der Waals surface area (Å²) >= 11 is 11.9. The molecule has 7 heteroatoms. The summed E-state index contributed by atoms with van der Waals surface area (Å²) in [6.45, 7) is 0.651. The molecule has 1 heterocycles. The molecule has 0 aliphatic carbocycles. The third-order valence-electron chi connectivity index (χ3n) is 3.38. The van der Waals surface area contributed by atoms with Crippen LogP contribution in [-0.2, 0) is 6.54 Å². The van der Waals surface area contributed by atoms with E-state index in [0.29, 0.717) is 33.8 Å². The smallest absolute Gasteiger partial charge is 0.321 e. The minimum atomic E-state index is -0.271. The average Bonchev–Trinajstić information content (AvgIpc) is 2.97. The van der Waals surface area contributed by atoms with Crippen molar-refractivity contribution in [3.8, 4) is 11.5 Å². The Balaban J connectivity index is 1.65. The summed E-state index contributed by atoms with van der Waals surface area (Å²) in [6.07, 6.45) is 0. The van der Waals surface area contributed by atoms with Gasteiger partial charge in [-0.2, -0.15) is 0 Å². The number of carbonyl (C=O) groups excluding carboxylic acids is 1. The summed E-state index contributed by atoms with van der Waals surface area (Å²) in [7, 11) is 1.70. The number of anilines is 1. The maximum atomic E-state index is 12.3. The van der Waals surface area contributed by atoms with Crippen LogP contribution in [0.15, 0.2) is 36.4 Å². The lowest BCUT2D eigenvalue weighted by molar-refractivity contribution is 0.174. The zero-order valence-electron chi connectivity index (χ0n) is 12.3. The summed E-state index contributed by atoms with van der Waals surface area (Å²) in [5.41, 5.74) is 1.45. The van der Waals surface area contributed by atoms with Crippen molar-refractivity contribution in [2.24, 2.45) is 0 Å². The van der Waals surface area contributed by atoms with Gasteiger partial charge in [-0.3, -0.25) is 0 Å². The van der Waals surface area contributed by atoms with E-state index in [1.165, 1.54) is 0 Å². The number of carbonyl (C=O) groups is 1. The molecule has 0 radical (unpaired) electrons. The molecule has 0 saturated carbocycles. The van der Waals surface area contributed by atoms with Gasteiger partial charge in [-0.05, 0) is 35.9 Å². The summed E-state index contributed by atoms with van der Waals surface area (Å²) in [6, 6.07) is 10.2. The van der Waals surface area contributed by atoms with Crippen molar-refractivity contribution >= 4 is 34.9 Å². The first-order valence-corrected chi connectivity index (χ1v) is 7.64. The first kappa shape index (κ1) is 15.8. The van der Waals surface area contributed by atoms with Gasteiger partial charge in [0.1, 0.15) is 0 Å². The van der Waals surface area contributed by atoms with Crippen LogP contribution >= 0.6 is 23.2 Å². The number of benzene rings is 2. The number of nitrogens with zero attached hydrogens (tertiary/aromatic N) is 1. The lowest BCUT2D eigenvalue weighted by Crippen LogP contribution is -2.30. The van der Waals surface area contributed by atoms with Crippen LogP contribution in [-0.4, -0.2) is 24.8 Å². The number of amides is 2. The highest BCUT2D eigenvalue weighted by atomic mass is 35.5. The Morgan fingerprint density at radius 1 is 1.17 bits per heavy atom. The number of halogens is 2. The van der Waals surface area contributed by atoms with Crippen molar-refractivity contribution in [1.29, 1.82) is 0 Å². The second kappa shape index (κ2) is 6.56. The fraction of sp³-hybridized carbons (Fsp3) is 0.188. The zero-order valence-corrected chi connectivity index (χ0v) is 13.8. The van der Waals surface area contributed by atoms with Crippen LogP contribution in [0.2, 0.25) is 10.0 Å². The molecule has 3 rings (SSSR count). The Labute approximate surface area is 143 Å². The summed E-state index contributed by atoms with van der Waals surface area (Å²) < 4.78 is 10.6. The van der Waals surface area contributed by atoms with Crippen LogP contribution in [0.4, 0.5) is 10.5 Å². The summed E-state index contributed by atoms with van der Waals surface area (Å²) in [5, 5.41) is 3.66. The summed E-state index contributed by atoms with van der Waals surface area (Å²) in [5.74, 6) is 1.41. The Morgan fingerprint density at radius 2 is 1.96 bits per heavy atom. The third kappa shape index (κ3) is 3.63. The van der Waals surface area contributed by atoms with Gasteiger partial charge < -0.3 is 19.7 Å². The van der Waals surface area contributed by atoms with Gasteiger partial charge in [0.2, 0.25) is 6.79 Å². The molecule has 5 nitrogen and oxygen atoms in total. The fourth-order valence-corrected chi connectivity index (χ4v) is 2.64. The highest BCUT2D eigenvalue weighted by Gasteiger charge is 2.16. The SMILES string of the molecule is CN(Cc1ccc2c(c1)OCO2)C(=O)Nc1ccc(Cl)cc1Cl. The molecule has 0 saturated heterocycles. The number of rotatable bonds is 3. The quantitative estimate of drug-likeness (QED) is 0.891. The molecule has 1 aliphatic heterocycles. The second-order valence-electron chi connectivity index (χ2n) is 5.10. The molecule has 0 unspecified atom stereocenters. The predicted octanol–water partition coefficient (Wildman–Crippen LogP) is 4.39. The molecule has 0 atom stereocenters. The molecule has 0 aromatic heterocycles. The Morgan fingerprint density at radius 3 is 2.74 bits per heavy atom. The second-order valence-corrected chi connectivity index (χ2v) is 5.94. The van der Waals surface area contributed by atoms with E-state index >= 15 is 0 Å². The van der Waals surface area contributed by atoms with E-state index in [1.807, 2.05) is 18.2 Å². The fourth-order valence-electron chi connectivity index (χ4n) is 2.19. The lowest BCUT2D eigenvalue weighted by Gasteiger charge is -2.19. The van der Waals surface area contributed by atoms with Crippen molar-refractivity contribution in [2.75, 3.05) is 19.2 Å². The molecule has 1 aliphatic rings. The lowest BCUT2D eigenvalue weighted by atomic mass is 10.2. The highest BCUT2D eigenvalue weighted by molar-refractivity contribution is 6.36. The molecular weight excluding hydrogens is 339 g/mol. The normalized spacial score (nSPS) is 12.1. The maximum absolute atomic E-state index is 12.3. The van der Waals surface area contributed by atoms with Crippen LogP contribution in [0, 0.1) is 0 Å². The largest absolute Gasteiger partial charge is 0.454 e. The van der Waals surface area contributed by atoms with Crippen molar-refractivity contribution in [3.05, 3.63) is 52.0 Å². The number of nitrogens with one attached hydrogen (secondary N) is 1. The minimum Gasteiger partial charge on any atom is -0.454 e. The number of hydrogen-bond donors (Lipinski definition) is 1. The number of hydrogen-bond acceptors (Lipinski definition) is 3. The van der Waals surface area contributed by atoms with E-state index in [-0.39, 0.29) is 12.8 Å². The van der Waals surface area contributed by atoms with Crippen molar-refractivity contribution in [3.63, 3.8) is 0 Å². The Bertz CT molecular complexity index is 752. The van der Waals surface area contributed by atoms with Gasteiger partial charge in [0, 0.05) is 18.6 Å². The summed E-state index contributed by atoms with van der Waals surface area (Å²) in [4.78, 5) is 13.8. The molecule has 1 N–H and O–H groups in total. The van der Waals surface area contributed by atoms with E-state index in [4.69, 9.17) is 32.7 Å². The number of fused-ring (bicyclic) bond motifs is 1. The van der Waals surface area contributed by atoms with Crippen LogP contribution in [0.1, 0.15) is 5.56 Å². The minimum absolute atomic E-state index is 0.226. The van der Waals surface area contributed by atoms with Gasteiger partial charge in [0.05, 0.1) is 10.7 Å². The Kier molecular flexibility index (Phi) is 4.50. The van der Waals surface area contributed by atoms with Gasteiger partial charge >= 0.3 is 6.03 Å². The van der Waals surface area contributed by atoms with E-state index in [9.17, 15) is 4.79 Å². The number of urea groups is 1. The first-order chi connectivity index (χ1) is 11.0. The highest BCUT2D eigenvalue weighted by Crippen LogP contribution is 2.32. The van der Waals surface area contributed by atoms with Crippen molar-refractivity contribution in [2.45, 2.75) is 6.54 Å². The molecule has 0 fully saturated rings. The van der Waals surface area contributed by atoms with Gasteiger partial charge in [-0.1, -0.05) is 29.3 Å². The monoisotopic (exact) mass is 352 g/mol. The van der Waals surface area contributed by atoms with Gasteiger partial charge in [0.25, 0.3) is 0 Å². The van der Waals surface area contributed by atoms with Gasteiger partial charge in [0.15, 0.2) is 11.5 Å². The molecule has 0 spiro atoms. The third-order valence-corrected chi connectivity index (χ3v) is 3.92. The molecule has 23 heavy (non-hydrogen) atoms. The van der Waals surface area contributed by atoms with Crippen molar-refractivity contribution < 1.29 is 14.3 Å². The molecule has 0 bridgehead atoms. The van der Waals surface area contributed by atoms with Gasteiger partial charge in [-0.15, -0.1) is 0 Å². The molecule has 2 aromatic rings. The van der Waals surface area contributed by atoms with E-state index in [1.54, 1.807) is 30.1 Å². The van der Waals surface area contributed by atoms with Crippen LogP contribution in [0.5, 0.6) is 11.5 Å². The van der Waals surface area contributed by atoms with E-state index in [2.05, 4.69) is 5.32 Å². The first-order valence-electron chi connectivity index (χ1n) is 6.88. The van der Waals surface area contributed by atoms with E-state index < -0.39 is 0 Å². The molecular formula is C16H14Cl2N2O3. The Hall–Kier alpha value is -2.11.